The van der Waals surface area contributed by atoms with Crippen molar-refractivity contribution >= 4 is 58.1 Å². The number of aliphatic carboxylic acids is 1. The Bertz CT molecular complexity index is 1130. The van der Waals surface area contributed by atoms with Crippen LogP contribution >= 0.6 is 23.5 Å². The van der Waals surface area contributed by atoms with Crippen LogP contribution < -0.4 is 16.4 Å². The fourth-order valence-corrected chi connectivity index (χ4v) is 5.60. The van der Waals surface area contributed by atoms with E-state index < -0.39 is 47.9 Å². The van der Waals surface area contributed by atoms with Gasteiger partial charge in [0, 0.05) is 30.1 Å². The Morgan fingerprint density at radius 1 is 1.08 bits per heavy atom. The number of carbonyl (C=O) groups excluding carboxylic acids is 3. The van der Waals surface area contributed by atoms with Gasteiger partial charge in [0.1, 0.15) is 18.1 Å². The summed E-state index contributed by atoms with van der Waals surface area (Å²) in [5.74, 6) is -1.07. The van der Waals surface area contributed by atoms with Gasteiger partial charge in [-0.05, 0) is 61.3 Å². The highest BCUT2D eigenvalue weighted by Gasteiger charge is 2.38. The first-order valence-corrected chi connectivity index (χ1v) is 15.5. The second-order valence-corrected chi connectivity index (χ2v) is 11.4. The number of hydrogen-bond acceptors (Lipinski definition) is 7. The minimum atomic E-state index is -1.06. The average Bonchev–Trinajstić information content (AvgIpc) is 3.56. The highest BCUT2D eigenvalue weighted by molar-refractivity contribution is 7.98. The third-order valence-electron chi connectivity index (χ3n) is 6.75. The summed E-state index contributed by atoms with van der Waals surface area (Å²) < 4.78 is 0. The zero-order valence-electron chi connectivity index (χ0n) is 21.8. The molecule has 1 aliphatic rings. The Morgan fingerprint density at radius 2 is 1.76 bits per heavy atom. The number of nitrogens with two attached hydrogens (primary N) is 1. The van der Waals surface area contributed by atoms with Crippen molar-refractivity contribution in [2.75, 3.05) is 30.6 Å². The molecule has 0 spiro atoms. The molecular formula is C26H37N5O5S2. The van der Waals surface area contributed by atoms with E-state index in [2.05, 4.69) is 15.6 Å². The number of aromatic amines is 1. The molecule has 4 unspecified atom stereocenters. The SMILES string of the molecule is CSCCC(N)C(=O)NC(CCSC)C(=O)NC(Cc1c[nH]c2ccccc12)C(=O)N1CCCC1C(=O)O. The molecule has 0 aliphatic carbocycles. The predicted molar refractivity (Wildman–Crippen MR) is 152 cm³/mol. The maximum Gasteiger partial charge on any atom is 0.326 e. The second kappa shape index (κ2) is 14.5. The number of fused-ring (bicyclic) bond motifs is 1. The zero-order valence-corrected chi connectivity index (χ0v) is 23.4. The van der Waals surface area contributed by atoms with Crippen LogP contribution in [0, 0.1) is 0 Å². The van der Waals surface area contributed by atoms with Crippen LogP contribution in [0.25, 0.3) is 10.9 Å². The summed E-state index contributed by atoms with van der Waals surface area (Å²) in [6.45, 7) is 0.312. The van der Waals surface area contributed by atoms with Crippen LogP contribution in [0.3, 0.4) is 0 Å². The Morgan fingerprint density at radius 3 is 2.47 bits per heavy atom. The number of likely N-dealkylation sites (tertiary alicyclic amines) is 1. The number of H-pyrrole nitrogens is 1. The number of aromatic nitrogens is 1. The molecule has 3 rings (SSSR count). The van der Waals surface area contributed by atoms with E-state index in [0.29, 0.717) is 38.0 Å². The van der Waals surface area contributed by atoms with Gasteiger partial charge in [-0.2, -0.15) is 23.5 Å². The molecular weight excluding hydrogens is 526 g/mol. The monoisotopic (exact) mass is 563 g/mol. The minimum Gasteiger partial charge on any atom is -0.480 e. The zero-order chi connectivity index (χ0) is 27.7. The van der Waals surface area contributed by atoms with Crippen molar-refractivity contribution in [1.82, 2.24) is 20.5 Å². The van der Waals surface area contributed by atoms with E-state index >= 15 is 0 Å². The average molecular weight is 564 g/mol. The van der Waals surface area contributed by atoms with Gasteiger partial charge in [-0.25, -0.2) is 4.79 Å². The van der Waals surface area contributed by atoms with Crippen LogP contribution in [0.5, 0.6) is 0 Å². The summed E-state index contributed by atoms with van der Waals surface area (Å²) in [4.78, 5) is 56.2. The number of carboxylic acids is 1. The summed E-state index contributed by atoms with van der Waals surface area (Å²) >= 11 is 3.13. The Kier molecular flexibility index (Phi) is 11.4. The molecule has 38 heavy (non-hydrogen) atoms. The van der Waals surface area contributed by atoms with Gasteiger partial charge >= 0.3 is 5.97 Å². The second-order valence-electron chi connectivity index (χ2n) is 9.38. The molecule has 208 valence electrons. The number of nitrogens with one attached hydrogen (secondary N) is 3. The lowest BCUT2D eigenvalue weighted by Gasteiger charge is -2.29. The van der Waals surface area contributed by atoms with E-state index in [-0.39, 0.29) is 6.42 Å². The molecule has 6 N–H and O–H groups in total. The van der Waals surface area contributed by atoms with Gasteiger partial charge in [0.05, 0.1) is 6.04 Å². The van der Waals surface area contributed by atoms with Crippen LogP contribution in [-0.4, -0.2) is 93.4 Å². The molecule has 2 aromatic rings. The molecule has 1 saturated heterocycles. The molecule has 12 heteroatoms. The Balaban J connectivity index is 1.83. The van der Waals surface area contributed by atoms with Gasteiger partial charge in [0.15, 0.2) is 0 Å². The van der Waals surface area contributed by atoms with Crippen molar-refractivity contribution in [3.05, 3.63) is 36.0 Å². The van der Waals surface area contributed by atoms with Crippen LogP contribution in [0.15, 0.2) is 30.5 Å². The fraction of sp³-hybridized carbons (Fsp3) is 0.538. The number of benzene rings is 1. The van der Waals surface area contributed by atoms with E-state index in [0.717, 1.165) is 22.2 Å². The lowest BCUT2D eigenvalue weighted by Crippen LogP contribution is -2.57. The number of hydrogen-bond donors (Lipinski definition) is 5. The van der Waals surface area contributed by atoms with Crippen molar-refractivity contribution in [1.29, 1.82) is 0 Å². The van der Waals surface area contributed by atoms with Crippen molar-refractivity contribution in [3.63, 3.8) is 0 Å². The van der Waals surface area contributed by atoms with Crippen molar-refractivity contribution in [2.45, 2.75) is 56.3 Å². The van der Waals surface area contributed by atoms with E-state index in [1.807, 2.05) is 36.8 Å². The topological polar surface area (TPSA) is 158 Å². The normalized spacial score (nSPS) is 17.7. The molecule has 0 radical (unpaired) electrons. The maximum absolute atomic E-state index is 13.7. The first kappa shape index (κ1) is 29.9. The summed E-state index contributed by atoms with van der Waals surface area (Å²) in [7, 11) is 0. The van der Waals surface area contributed by atoms with Gasteiger partial charge in [0.25, 0.3) is 0 Å². The molecule has 1 fully saturated rings. The van der Waals surface area contributed by atoms with E-state index in [4.69, 9.17) is 5.73 Å². The number of rotatable bonds is 14. The lowest BCUT2D eigenvalue weighted by molar-refractivity contribution is -0.149. The summed E-state index contributed by atoms with van der Waals surface area (Å²) in [6.07, 6.45) is 7.61. The largest absolute Gasteiger partial charge is 0.480 e. The minimum absolute atomic E-state index is 0.174. The number of para-hydroxylation sites is 1. The highest BCUT2D eigenvalue weighted by Crippen LogP contribution is 2.23. The molecule has 0 saturated carbocycles. The molecule has 1 aromatic heterocycles. The lowest BCUT2D eigenvalue weighted by atomic mass is 10.0. The Hall–Kier alpha value is -2.70. The van der Waals surface area contributed by atoms with Crippen LogP contribution in [0.4, 0.5) is 0 Å². The van der Waals surface area contributed by atoms with E-state index in [9.17, 15) is 24.3 Å². The third kappa shape index (κ3) is 7.67. The standard InChI is InChI=1S/C26H37N5O5S2/c1-37-12-9-18(27)23(32)29-20(10-13-38-2)24(33)30-21(25(34)31-11-5-8-22(31)26(35)36)14-16-15-28-19-7-4-3-6-17(16)19/h3-4,6-7,15,18,20-22,28H,5,8-14,27H2,1-2H3,(H,29,32)(H,30,33)(H,35,36). The van der Waals surface area contributed by atoms with Gasteiger partial charge in [0.2, 0.25) is 17.7 Å². The molecule has 10 nitrogen and oxygen atoms in total. The molecule has 1 aliphatic heterocycles. The van der Waals surface area contributed by atoms with E-state index in [1.54, 1.807) is 29.7 Å². The first-order chi connectivity index (χ1) is 18.3. The van der Waals surface area contributed by atoms with Crippen molar-refractivity contribution in [3.8, 4) is 0 Å². The van der Waals surface area contributed by atoms with Gasteiger partial charge in [-0.15, -0.1) is 0 Å². The van der Waals surface area contributed by atoms with Crippen molar-refractivity contribution < 1.29 is 24.3 Å². The molecule has 0 bridgehead atoms. The van der Waals surface area contributed by atoms with Crippen LogP contribution in [-0.2, 0) is 25.6 Å². The molecule has 4 atom stereocenters. The van der Waals surface area contributed by atoms with Crippen LogP contribution in [0.2, 0.25) is 0 Å². The fourth-order valence-electron chi connectivity index (χ4n) is 4.64. The van der Waals surface area contributed by atoms with Gasteiger partial charge in [-0.1, -0.05) is 18.2 Å². The molecule has 3 amide bonds. The predicted octanol–water partition coefficient (Wildman–Crippen LogP) is 1.59. The summed E-state index contributed by atoms with van der Waals surface area (Å²) in [5.41, 5.74) is 7.74. The van der Waals surface area contributed by atoms with E-state index in [1.165, 1.54) is 4.90 Å². The first-order valence-electron chi connectivity index (χ1n) is 12.7. The number of nitrogens with zero attached hydrogens (tertiary/aromatic N) is 1. The number of thioether (sulfide) groups is 2. The Labute approximate surface area is 231 Å². The van der Waals surface area contributed by atoms with Crippen molar-refractivity contribution in [2.24, 2.45) is 5.73 Å². The smallest absolute Gasteiger partial charge is 0.326 e. The number of carbonyl (C=O) groups is 4. The quantitative estimate of drug-likeness (QED) is 0.232. The molecule has 1 aromatic carbocycles. The third-order valence-corrected chi connectivity index (χ3v) is 8.04. The highest BCUT2D eigenvalue weighted by atomic mass is 32.2. The number of carboxylic acid groups (broad SMARTS) is 1. The van der Waals surface area contributed by atoms with Crippen LogP contribution in [0.1, 0.15) is 31.2 Å². The number of amides is 3. The molecule has 2 heterocycles. The summed E-state index contributed by atoms with van der Waals surface area (Å²) in [6, 6.07) is 4.11. The maximum atomic E-state index is 13.7. The van der Waals surface area contributed by atoms with Gasteiger partial charge in [-0.3, -0.25) is 14.4 Å². The van der Waals surface area contributed by atoms with Gasteiger partial charge < -0.3 is 31.4 Å². The summed E-state index contributed by atoms with van der Waals surface area (Å²) in [5, 5.41) is 16.2.